The van der Waals surface area contributed by atoms with Gasteiger partial charge in [0, 0.05) is 28.2 Å². The van der Waals surface area contributed by atoms with Gasteiger partial charge in [-0.05, 0) is 47.9 Å². The number of aromatic nitrogens is 1. The van der Waals surface area contributed by atoms with E-state index in [1.165, 1.54) is 5.56 Å². The van der Waals surface area contributed by atoms with Gasteiger partial charge in [0.2, 0.25) is 6.41 Å². The van der Waals surface area contributed by atoms with E-state index in [2.05, 4.69) is 4.98 Å². The fourth-order valence-electron chi connectivity index (χ4n) is 3.80. The molecule has 0 radical (unpaired) electrons. The van der Waals surface area contributed by atoms with Crippen LogP contribution in [0.1, 0.15) is 22.9 Å². The molecule has 28 heavy (non-hydrogen) atoms. The molecule has 0 fully saturated rings. The number of aliphatic hydroxyl groups excluding tert-OH is 2. The monoisotopic (exact) mass is 400 g/mol. The van der Waals surface area contributed by atoms with Crippen LogP contribution in [0.25, 0.3) is 10.9 Å². The number of carbonyl (C=O) groups excluding carboxylic acids is 1. The lowest BCUT2D eigenvalue weighted by atomic mass is 9.93. The van der Waals surface area contributed by atoms with E-state index in [0.29, 0.717) is 17.3 Å². The Morgan fingerprint density at radius 1 is 1.21 bits per heavy atom. The molecule has 1 amide bonds. The van der Waals surface area contributed by atoms with Gasteiger partial charge in [-0.3, -0.25) is 4.79 Å². The molecule has 0 spiro atoms. The van der Waals surface area contributed by atoms with Crippen LogP contribution in [0.2, 0.25) is 5.02 Å². The van der Waals surface area contributed by atoms with E-state index in [1.807, 2.05) is 30.3 Å². The topological polar surface area (TPSA) is 85.8 Å². The minimum absolute atomic E-state index is 0.229. The van der Waals surface area contributed by atoms with Crippen LogP contribution in [-0.2, 0) is 11.2 Å². The Hall–Kier alpha value is -2.54. The zero-order valence-corrected chi connectivity index (χ0v) is 15.9. The molecule has 1 atom stereocenters. The molecule has 0 aliphatic carbocycles. The van der Waals surface area contributed by atoms with Gasteiger partial charge in [-0.1, -0.05) is 23.7 Å². The molecular formula is C21H21ClN2O4. The zero-order chi connectivity index (χ0) is 19.7. The van der Waals surface area contributed by atoms with Crippen LogP contribution in [0.15, 0.2) is 42.5 Å². The van der Waals surface area contributed by atoms with Crippen molar-refractivity contribution in [2.45, 2.75) is 18.6 Å². The number of hydrogen-bond donors (Lipinski definition) is 3. The summed E-state index contributed by atoms with van der Waals surface area (Å²) in [4.78, 5) is 17.0. The van der Waals surface area contributed by atoms with Gasteiger partial charge in [-0.2, -0.15) is 0 Å². The Bertz CT molecular complexity index is 982. The van der Waals surface area contributed by atoms with E-state index in [-0.39, 0.29) is 19.3 Å². The second-order valence-corrected chi connectivity index (χ2v) is 7.31. The van der Waals surface area contributed by atoms with Gasteiger partial charge in [0.15, 0.2) is 0 Å². The number of benzene rings is 2. The van der Waals surface area contributed by atoms with Crippen molar-refractivity contribution in [3.63, 3.8) is 0 Å². The number of aliphatic hydroxyl groups is 2. The molecule has 6 nitrogen and oxygen atoms in total. The third kappa shape index (κ3) is 3.35. The second kappa shape index (κ2) is 7.83. The molecular weight excluding hydrogens is 380 g/mol. The van der Waals surface area contributed by atoms with E-state index >= 15 is 0 Å². The summed E-state index contributed by atoms with van der Waals surface area (Å²) in [5.74, 6) is 0.550. The highest BCUT2D eigenvalue weighted by Crippen LogP contribution is 2.38. The van der Waals surface area contributed by atoms with Crippen molar-refractivity contribution in [3.8, 4) is 5.75 Å². The number of H-pyrrole nitrogens is 1. The van der Waals surface area contributed by atoms with E-state index in [4.69, 9.17) is 26.6 Å². The Morgan fingerprint density at radius 3 is 2.64 bits per heavy atom. The first-order chi connectivity index (χ1) is 13.6. The summed E-state index contributed by atoms with van der Waals surface area (Å²) >= 11 is 6.18. The number of nitrogens with one attached hydrogen (secondary N) is 1. The number of aromatic amines is 1. The molecule has 2 heterocycles. The summed E-state index contributed by atoms with van der Waals surface area (Å²) in [6, 6.07) is 12.9. The fourth-order valence-corrected chi connectivity index (χ4v) is 3.98. The van der Waals surface area contributed by atoms with E-state index in [1.54, 1.807) is 17.0 Å². The van der Waals surface area contributed by atoms with Crippen molar-refractivity contribution in [1.82, 2.24) is 9.88 Å². The molecule has 3 N–H and O–H groups in total. The van der Waals surface area contributed by atoms with E-state index in [9.17, 15) is 4.79 Å². The van der Waals surface area contributed by atoms with Crippen LogP contribution in [0.3, 0.4) is 0 Å². The second-order valence-electron chi connectivity index (χ2n) is 6.88. The molecule has 0 bridgehead atoms. The minimum Gasteiger partial charge on any atom is -0.486 e. The van der Waals surface area contributed by atoms with Gasteiger partial charge in [-0.15, -0.1) is 0 Å². The Kier molecular flexibility index (Phi) is 5.26. The van der Waals surface area contributed by atoms with Crippen LogP contribution in [0.5, 0.6) is 5.75 Å². The number of halogens is 1. The molecule has 0 saturated heterocycles. The SMILES string of the molecule is O=CN1CCc2c([nH]c3ccc(Cl)cc23)C1c1ccc(OC(CO)CO)cc1. The zero-order valence-electron chi connectivity index (χ0n) is 15.1. The number of fused-ring (bicyclic) bond motifs is 3. The van der Waals surface area contributed by atoms with Crippen LogP contribution < -0.4 is 4.74 Å². The number of nitrogens with zero attached hydrogens (tertiary/aromatic N) is 1. The lowest BCUT2D eigenvalue weighted by molar-refractivity contribution is -0.120. The maximum absolute atomic E-state index is 11.7. The molecule has 0 saturated carbocycles. The Labute approximate surface area is 167 Å². The number of amides is 1. The lowest BCUT2D eigenvalue weighted by Gasteiger charge is -2.33. The highest BCUT2D eigenvalue weighted by Gasteiger charge is 2.31. The summed E-state index contributed by atoms with van der Waals surface area (Å²) in [5, 5.41) is 20.1. The summed E-state index contributed by atoms with van der Waals surface area (Å²) in [6.07, 6.45) is 0.988. The summed E-state index contributed by atoms with van der Waals surface area (Å²) < 4.78 is 5.53. The summed E-state index contributed by atoms with van der Waals surface area (Å²) in [6.45, 7) is 0.0948. The van der Waals surface area contributed by atoms with E-state index < -0.39 is 6.10 Å². The standard InChI is InChI=1S/C21H21ClN2O4/c22-14-3-6-19-18(9-14)17-7-8-24(12-27)21(20(17)23-19)13-1-4-15(5-2-13)28-16(10-25)11-26/h1-6,9,12,16,21,23,25-26H,7-8,10-11H2. The van der Waals surface area contributed by atoms with Gasteiger partial charge in [0.1, 0.15) is 11.9 Å². The molecule has 1 aromatic heterocycles. The molecule has 4 rings (SSSR count). The number of rotatable bonds is 6. The summed E-state index contributed by atoms with van der Waals surface area (Å²) in [7, 11) is 0. The molecule has 1 aliphatic heterocycles. The van der Waals surface area contributed by atoms with Crippen molar-refractivity contribution < 1.29 is 19.7 Å². The van der Waals surface area contributed by atoms with Crippen LogP contribution in [0, 0.1) is 0 Å². The van der Waals surface area contributed by atoms with Crippen molar-refractivity contribution >= 4 is 28.9 Å². The lowest BCUT2D eigenvalue weighted by Crippen LogP contribution is -2.35. The largest absolute Gasteiger partial charge is 0.486 e. The first-order valence-corrected chi connectivity index (χ1v) is 9.51. The highest BCUT2D eigenvalue weighted by atomic mass is 35.5. The third-order valence-corrected chi connectivity index (χ3v) is 5.40. The quantitative estimate of drug-likeness (QED) is 0.555. The number of carbonyl (C=O) groups is 1. The Morgan fingerprint density at radius 2 is 1.96 bits per heavy atom. The van der Waals surface area contributed by atoms with Crippen molar-refractivity contribution in [3.05, 3.63) is 64.3 Å². The normalized spacial score (nSPS) is 16.4. The Balaban J connectivity index is 1.72. The van der Waals surface area contributed by atoms with Crippen LogP contribution in [-0.4, -0.2) is 52.4 Å². The summed E-state index contributed by atoms with van der Waals surface area (Å²) in [5.41, 5.74) is 4.12. The van der Waals surface area contributed by atoms with Crippen LogP contribution in [0.4, 0.5) is 0 Å². The third-order valence-electron chi connectivity index (χ3n) is 5.17. The van der Waals surface area contributed by atoms with E-state index in [0.717, 1.165) is 35.0 Å². The first-order valence-electron chi connectivity index (χ1n) is 9.14. The average Bonchev–Trinajstić information content (AvgIpc) is 3.09. The van der Waals surface area contributed by atoms with Gasteiger partial charge in [-0.25, -0.2) is 0 Å². The smallest absolute Gasteiger partial charge is 0.210 e. The molecule has 1 aliphatic rings. The average molecular weight is 401 g/mol. The van der Waals surface area contributed by atoms with Gasteiger partial charge in [0.05, 0.1) is 19.3 Å². The first kappa shape index (κ1) is 18.8. The molecule has 3 aromatic rings. The van der Waals surface area contributed by atoms with Crippen molar-refractivity contribution in [1.29, 1.82) is 0 Å². The number of ether oxygens (including phenoxy) is 1. The molecule has 7 heteroatoms. The highest BCUT2D eigenvalue weighted by molar-refractivity contribution is 6.31. The van der Waals surface area contributed by atoms with Gasteiger partial charge >= 0.3 is 0 Å². The minimum atomic E-state index is -0.655. The van der Waals surface area contributed by atoms with Crippen molar-refractivity contribution in [2.75, 3.05) is 19.8 Å². The maximum Gasteiger partial charge on any atom is 0.210 e. The molecule has 1 unspecified atom stereocenters. The molecule has 146 valence electrons. The van der Waals surface area contributed by atoms with Gasteiger partial charge < -0.3 is 24.8 Å². The predicted octanol–water partition coefficient (Wildman–Crippen LogP) is 2.66. The number of hydrogen-bond acceptors (Lipinski definition) is 4. The maximum atomic E-state index is 11.7. The predicted molar refractivity (Wildman–Crippen MR) is 107 cm³/mol. The fraction of sp³-hybridized carbons (Fsp3) is 0.286. The van der Waals surface area contributed by atoms with Crippen molar-refractivity contribution in [2.24, 2.45) is 0 Å². The van der Waals surface area contributed by atoms with Gasteiger partial charge in [0.25, 0.3) is 0 Å². The molecule has 2 aromatic carbocycles. The van der Waals surface area contributed by atoms with Crippen LogP contribution >= 0.6 is 11.6 Å².